The Morgan fingerprint density at radius 3 is 0.854 bits per heavy atom. The van der Waals surface area contributed by atoms with E-state index in [1.807, 2.05) is 0 Å². The van der Waals surface area contributed by atoms with Crippen molar-refractivity contribution < 1.29 is 0 Å². The van der Waals surface area contributed by atoms with Gasteiger partial charge in [0, 0.05) is 66.8 Å². The minimum absolute atomic E-state index is 1.04. The van der Waals surface area contributed by atoms with E-state index in [1.54, 1.807) is 0 Å². The summed E-state index contributed by atoms with van der Waals surface area (Å²) in [6.45, 7) is 0. The smallest absolute Gasteiger partial charge is 0.0619 e. The van der Waals surface area contributed by atoms with Crippen LogP contribution in [0.25, 0.3) is 133 Å². The lowest BCUT2D eigenvalue weighted by Gasteiger charge is -2.30. The molecule has 0 saturated heterocycles. The molecular formula is C92H62N4. The molecule has 2 aromatic heterocycles. The molecule has 4 nitrogen and oxygen atoms in total. The SMILES string of the molecule is c1ccc(-c2cccc(N(c3ccc4c(-c5ccccc5)c(-c5ccccc5)n(-c5ccccc5)c4c3)c3ccc4ccc5c(N(c6cccc(-c7ccccc7)c6)c6ccc7c(-c8ccccc8)c(-c8ccccc8)n(-c8ccccc8)c7c6)ccc6ccc3c4c65)c2)cc1. The summed E-state index contributed by atoms with van der Waals surface area (Å²) in [6, 6.07) is 138. The van der Waals surface area contributed by atoms with Crippen LogP contribution in [-0.4, -0.2) is 9.13 Å². The van der Waals surface area contributed by atoms with Crippen molar-refractivity contribution in [2.24, 2.45) is 0 Å². The number of aromatic nitrogens is 2. The molecule has 0 atom stereocenters. The van der Waals surface area contributed by atoms with Crippen molar-refractivity contribution in [2.75, 3.05) is 9.80 Å². The van der Waals surface area contributed by atoms with Crippen molar-refractivity contribution in [3.63, 3.8) is 0 Å². The maximum Gasteiger partial charge on any atom is 0.0619 e. The van der Waals surface area contributed by atoms with Crippen LogP contribution in [0.2, 0.25) is 0 Å². The molecule has 0 amide bonds. The zero-order chi connectivity index (χ0) is 63.5. The molecule has 0 aliphatic heterocycles. The van der Waals surface area contributed by atoms with E-state index in [9.17, 15) is 0 Å². The second-order valence-corrected chi connectivity index (χ2v) is 24.8. The zero-order valence-electron chi connectivity index (χ0n) is 52.6. The molecule has 0 spiro atoms. The second kappa shape index (κ2) is 23.7. The lowest BCUT2D eigenvalue weighted by molar-refractivity contribution is 1.13. The van der Waals surface area contributed by atoms with E-state index in [1.165, 1.54) is 54.6 Å². The third-order valence-corrected chi connectivity index (χ3v) is 19.2. The molecule has 18 aromatic rings. The zero-order valence-corrected chi connectivity index (χ0v) is 52.6. The van der Waals surface area contributed by atoms with Gasteiger partial charge in [0.2, 0.25) is 0 Å². The van der Waals surface area contributed by atoms with Gasteiger partial charge in [0.15, 0.2) is 0 Å². The van der Waals surface area contributed by atoms with Gasteiger partial charge in [-0.15, -0.1) is 0 Å². The summed E-state index contributed by atoms with van der Waals surface area (Å²) in [5, 5.41) is 9.44. The highest BCUT2D eigenvalue weighted by Crippen LogP contribution is 2.52. The fraction of sp³-hybridized carbons (Fsp3) is 0. The van der Waals surface area contributed by atoms with Gasteiger partial charge in [-0.2, -0.15) is 0 Å². The molecule has 0 bridgehead atoms. The Hall–Kier alpha value is -12.8. The number of hydrogen-bond donors (Lipinski definition) is 0. The molecule has 450 valence electrons. The van der Waals surface area contributed by atoms with Crippen LogP contribution in [0.3, 0.4) is 0 Å². The lowest BCUT2D eigenvalue weighted by Crippen LogP contribution is -2.12. The number of nitrogens with zero attached hydrogens (tertiary/aromatic N) is 4. The number of para-hydroxylation sites is 2. The van der Waals surface area contributed by atoms with Gasteiger partial charge in [0.25, 0.3) is 0 Å². The molecule has 0 N–H and O–H groups in total. The predicted molar refractivity (Wildman–Crippen MR) is 406 cm³/mol. The molecule has 4 heteroatoms. The van der Waals surface area contributed by atoms with Gasteiger partial charge in [-0.05, 0) is 151 Å². The minimum atomic E-state index is 1.04. The Morgan fingerprint density at radius 1 is 0.198 bits per heavy atom. The number of rotatable bonds is 14. The fourth-order valence-electron chi connectivity index (χ4n) is 15.0. The van der Waals surface area contributed by atoms with Gasteiger partial charge in [-0.25, -0.2) is 0 Å². The molecule has 2 heterocycles. The lowest BCUT2D eigenvalue weighted by atomic mass is 9.91. The highest BCUT2D eigenvalue weighted by atomic mass is 15.2. The van der Waals surface area contributed by atoms with Gasteiger partial charge in [0.1, 0.15) is 0 Å². The van der Waals surface area contributed by atoms with Crippen LogP contribution < -0.4 is 9.80 Å². The Balaban J connectivity index is 0.887. The molecule has 0 aliphatic rings. The van der Waals surface area contributed by atoms with Crippen LogP contribution in [0.5, 0.6) is 0 Å². The van der Waals surface area contributed by atoms with E-state index < -0.39 is 0 Å². The Kier molecular flexibility index (Phi) is 13.8. The number of fused-ring (bicyclic) bond motifs is 2. The van der Waals surface area contributed by atoms with Crippen molar-refractivity contribution in [3.8, 4) is 78.4 Å². The average molecular weight is 1220 g/mol. The van der Waals surface area contributed by atoms with E-state index >= 15 is 0 Å². The van der Waals surface area contributed by atoms with Gasteiger partial charge in [-0.1, -0.05) is 291 Å². The highest BCUT2D eigenvalue weighted by Gasteiger charge is 2.28. The molecule has 0 radical (unpaired) electrons. The van der Waals surface area contributed by atoms with Crippen molar-refractivity contribution in [3.05, 3.63) is 376 Å². The summed E-state index contributed by atoms with van der Waals surface area (Å²) in [7, 11) is 0. The van der Waals surface area contributed by atoms with Gasteiger partial charge < -0.3 is 18.9 Å². The van der Waals surface area contributed by atoms with E-state index in [0.717, 1.165) is 112 Å². The predicted octanol–water partition coefficient (Wildman–Crippen LogP) is 25.4. The maximum absolute atomic E-state index is 2.50. The molecule has 96 heavy (non-hydrogen) atoms. The maximum atomic E-state index is 2.50. The Morgan fingerprint density at radius 2 is 0.490 bits per heavy atom. The summed E-state index contributed by atoms with van der Waals surface area (Å²) >= 11 is 0. The monoisotopic (exact) mass is 1220 g/mol. The summed E-state index contributed by atoms with van der Waals surface area (Å²) in [6.07, 6.45) is 0. The summed E-state index contributed by atoms with van der Waals surface area (Å²) in [5.74, 6) is 0. The summed E-state index contributed by atoms with van der Waals surface area (Å²) in [4.78, 5) is 4.99. The summed E-state index contributed by atoms with van der Waals surface area (Å²) < 4.78 is 4.95. The number of anilines is 6. The van der Waals surface area contributed by atoms with Gasteiger partial charge in [0.05, 0.1) is 33.8 Å². The Bertz CT molecular complexity index is 5480. The fourth-order valence-corrected chi connectivity index (χ4v) is 15.0. The number of benzene rings is 16. The normalized spacial score (nSPS) is 11.5. The molecule has 0 aliphatic carbocycles. The third kappa shape index (κ3) is 9.61. The number of hydrogen-bond acceptors (Lipinski definition) is 2. The molecule has 0 fully saturated rings. The van der Waals surface area contributed by atoms with Crippen LogP contribution >= 0.6 is 0 Å². The van der Waals surface area contributed by atoms with Crippen LogP contribution in [-0.2, 0) is 0 Å². The summed E-state index contributed by atoms with van der Waals surface area (Å²) in [5.41, 5.74) is 24.7. The first-order valence-corrected chi connectivity index (χ1v) is 33.0. The van der Waals surface area contributed by atoms with Crippen LogP contribution in [0.15, 0.2) is 376 Å². The van der Waals surface area contributed by atoms with Crippen LogP contribution in [0.4, 0.5) is 34.1 Å². The van der Waals surface area contributed by atoms with Crippen molar-refractivity contribution in [1.29, 1.82) is 0 Å². The van der Waals surface area contributed by atoms with E-state index in [4.69, 9.17) is 0 Å². The first kappa shape index (κ1) is 56.0. The average Bonchev–Trinajstić information content (AvgIpc) is 1.74. The van der Waals surface area contributed by atoms with Crippen molar-refractivity contribution in [1.82, 2.24) is 9.13 Å². The molecule has 0 saturated carbocycles. The third-order valence-electron chi connectivity index (χ3n) is 19.2. The van der Waals surface area contributed by atoms with E-state index in [2.05, 4.69) is 395 Å². The largest absolute Gasteiger partial charge is 0.310 e. The topological polar surface area (TPSA) is 16.3 Å². The highest BCUT2D eigenvalue weighted by molar-refractivity contribution is 6.28. The molecule has 18 rings (SSSR count). The van der Waals surface area contributed by atoms with E-state index in [-0.39, 0.29) is 0 Å². The van der Waals surface area contributed by atoms with Crippen LogP contribution in [0, 0.1) is 0 Å². The molecule has 16 aromatic carbocycles. The van der Waals surface area contributed by atoms with E-state index in [0.29, 0.717) is 0 Å². The van der Waals surface area contributed by atoms with Crippen molar-refractivity contribution in [2.45, 2.75) is 0 Å². The minimum Gasteiger partial charge on any atom is -0.310 e. The Labute approximate surface area is 558 Å². The van der Waals surface area contributed by atoms with Crippen LogP contribution in [0.1, 0.15) is 0 Å². The van der Waals surface area contributed by atoms with Gasteiger partial charge in [-0.3, -0.25) is 0 Å². The second-order valence-electron chi connectivity index (χ2n) is 24.8. The molecule has 0 unspecified atom stereocenters. The quantitative estimate of drug-likeness (QED) is 0.101. The molecular weight excluding hydrogens is 1160 g/mol. The van der Waals surface area contributed by atoms with Gasteiger partial charge >= 0.3 is 0 Å². The first-order chi connectivity index (χ1) is 47.7. The first-order valence-electron chi connectivity index (χ1n) is 33.0. The van der Waals surface area contributed by atoms with Crippen molar-refractivity contribution >= 4 is 88.2 Å². The standard InChI is InChI=1S/C92H62N4/c1-9-27-63(28-10-1)71-39-25-45-75(59-71)93(77-51-55-81-85(61-77)95(73-41-21-7-22-42-73)91(69-35-17-5-18-36-69)89(81)65-31-13-3-14-32-65)83-57-49-67-48-54-80-84(58-50-68-47-53-79(83)87(67)88(68)80)94(76-46-26-40-72(60-76)64-29-11-2-12-30-64)78-52-56-82-86(62-78)96(74-43-23-8-24-44-74)92(70-37-19-6-20-38-70)90(82)66-33-15-4-16-34-66/h1-62H.